The molecule has 0 aliphatic heterocycles. The molecule has 1 heterocycles. The maximum atomic E-state index is 11.9. The molecule has 0 aliphatic carbocycles. The predicted octanol–water partition coefficient (Wildman–Crippen LogP) is 4.65. The molecule has 3 aromatic rings. The molecule has 3 N–H and O–H groups in total. The highest BCUT2D eigenvalue weighted by molar-refractivity contribution is 5.99. The number of nitrogens with one attached hydrogen (secondary N) is 3. The van der Waals surface area contributed by atoms with Gasteiger partial charge in [0.15, 0.2) is 0 Å². The lowest BCUT2D eigenvalue weighted by Gasteiger charge is -2.10. The quantitative estimate of drug-likeness (QED) is 0.637. The van der Waals surface area contributed by atoms with Crippen molar-refractivity contribution < 1.29 is 4.79 Å². The minimum Gasteiger partial charge on any atom is -0.380 e. The van der Waals surface area contributed by atoms with E-state index in [4.69, 9.17) is 0 Å². The van der Waals surface area contributed by atoms with Gasteiger partial charge in [-0.2, -0.15) is 0 Å². The second-order valence-electron chi connectivity index (χ2n) is 5.66. The lowest BCUT2D eigenvalue weighted by molar-refractivity contribution is 0.262. The molecular formula is C20H20N4O. The number of aromatic nitrogens is 1. The van der Waals surface area contributed by atoms with E-state index in [1.54, 1.807) is 12.3 Å². The van der Waals surface area contributed by atoms with Gasteiger partial charge in [0.1, 0.15) is 5.82 Å². The summed E-state index contributed by atoms with van der Waals surface area (Å²) in [4.78, 5) is 16.2. The Bertz CT molecular complexity index is 832. The zero-order chi connectivity index (χ0) is 17.5. The van der Waals surface area contributed by atoms with Crippen molar-refractivity contribution >= 4 is 23.2 Å². The number of anilines is 3. The van der Waals surface area contributed by atoms with E-state index in [1.165, 1.54) is 11.1 Å². The van der Waals surface area contributed by atoms with Gasteiger partial charge in [-0.15, -0.1) is 0 Å². The summed E-state index contributed by atoms with van der Waals surface area (Å²) < 4.78 is 0. The Morgan fingerprint density at radius 3 is 2.36 bits per heavy atom. The molecule has 0 atom stereocenters. The Morgan fingerprint density at radius 1 is 0.880 bits per heavy atom. The summed E-state index contributed by atoms with van der Waals surface area (Å²) in [6, 6.07) is 20.9. The van der Waals surface area contributed by atoms with Crippen LogP contribution in [0.4, 0.5) is 22.0 Å². The fourth-order valence-electron chi connectivity index (χ4n) is 2.38. The minimum atomic E-state index is -0.320. The summed E-state index contributed by atoms with van der Waals surface area (Å²) in [5.41, 5.74) is 4.12. The van der Waals surface area contributed by atoms with Gasteiger partial charge in [-0.3, -0.25) is 5.32 Å². The van der Waals surface area contributed by atoms with Crippen LogP contribution in [-0.4, -0.2) is 11.0 Å². The molecule has 126 valence electrons. The number of carbonyl (C=O) groups is 1. The van der Waals surface area contributed by atoms with E-state index in [1.807, 2.05) is 48.5 Å². The van der Waals surface area contributed by atoms with Crippen molar-refractivity contribution in [1.29, 1.82) is 0 Å². The molecule has 5 heteroatoms. The maximum Gasteiger partial charge on any atom is 0.324 e. The van der Waals surface area contributed by atoms with E-state index in [2.05, 4.69) is 40.0 Å². The van der Waals surface area contributed by atoms with Crippen LogP contribution in [-0.2, 0) is 6.54 Å². The Balaban J connectivity index is 1.53. The third kappa shape index (κ3) is 4.81. The van der Waals surface area contributed by atoms with Crippen LogP contribution in [0.15, 0.2) is 72.9 Å². The van der Waals surface area contributed by atoms with Crippen LogP contribution in [0.3, 0.4) is 0 Å². The zero-order valence-electron chi connectivity index (χ0n) is 14.0. The van der Waals surface area contributed by atoms with Gasteiger partial charge < -0.3 is 10.6 Å². The van der Waals surface area contributed by atoms with Crippen LogP contribution in [0.25, 0.3) is 0 Å². The predicted molar refractivity (Wildman–Crippen MR) is 102 cm³/mol. The summed E-state index contributed by atoms with van der Waals surface area (Å²) in [7, 11) is 0. The summed E-state index contributed by atoms with van der Waals surface area (Å²) in [6.45, 7) is 2.82. The highest BCUT2D eigenvalue weighted by Crippen LogP contribution is 2.14. The van der Waals surface area contributed by atoms with Crippen molar-refractivity contribution in [3.63, 3.8) is 0 Å². The Labute approximate surface area is 147 Å². The summed E-state index contributed by atoms with van der Waals surface area (Å²) in [5.74, 6) is 0.495. The first-order chi connectivity index (χ1) is 12.2. The SMILES string of the molecule is Cc1ccccc1CNc1ccc(NC(=O)Nc2ccccc2)nc1. The summed E-state index contributed by atoms with van der Waals surface area (Å²) >= 11 is 0. The van der Waals surface area contributed by atoms with Gasteiger partial charge in [0.2, 0.25) is 0 Å². The number of pyridine rings is 1. The fourth-order valence-corrected chi connectivity index (χ4v) is 2.38. The lowest BCUT2D eigenvalue weighted by atomic mass is 10.1. The lowest BCUT2D eigenvalue weighted by Crippen LogP contribution is -2.20. The first-order valence-corrected chi connectivity index (χ1v) is 8.08. The van der Waals surface area contributed by atoms with Crippen LogP contribution in [0.1, 0.15) is 11.1 Å². The van der Waals surface area contributed by atoms with Gasteiger partial charge in [0, 0.05) is 12.2 Å². The van der Waals surface area contributed by atoms with Crippen molar-refractivity contribution in [2.75, 3.05) is 16.0 Å². The van der Waals surface area contributed by atoms with Crippen molar-refractivity contribution in [2.45, 2.75) is 13.5 Å². The topological polar surface area (TPSA) is 66.0 Å². The molecule has 1 aromatic heterocycles. The number of urea groups is 1. The van der Waals surface area contributed by atoms with Gasteiger partial charge in [-0.1, -0.05) is 42.5 Å². The van der Waals surface area contributed by atoms with Crippen LogP contribution >= 0.6 is 0 Å². The molecule has 0 saturated carbocycles. The van der Waals surface area contributed by atoms with E-state index >= 15 is 0 Å². The molecule has 5 nitrogen and oxygen atoms in total. The third-order valence-corrected chi connectivity index (χ3v) is 3.78. The number of nitrogens with zero attached hydrogens (tertiary/aromatic N) is 1. The normalized spacial score (nSPS) is 10.1. The number of carbonyl (C=O) groups excluding carboxylic acids is 1. The Kier molecular flexibility index (Phi) is 5.26. The number of amides is 2. The third-order valence-electron chi connectivity index (χ3n) is 3.78. The van der Waals surface area contributed by atoms with Crippen LogP contribution in [0.5, 0.6) is 0 Å². The van der Waals surface area contributed by atoms with E-state index in [0.29, 0.717) is 5.82 Å². The standard InChI is InChI=1S/C20H20N4O/c1-15-7-5-6-8-16(15)13-21-18-11-12-19(22-14-18)24-20(25)23-17-9-3-2-4-10-17/h2-12,14,21H,13H2,1H3,(H2,22,23,24,25). The molecule has 0 unspecified atom stereocenters. The van der Waals surface area contributed by atoms with Crippen molar-refractivity contribution in [1.82, 2.24) is 4.98 Å². The molecule has 0 radical (unpaired) electrons. The summed E-state index contributed by atoms with van der Waals surface area (Å²) in [6.07, 6.45) is 1.70. The van der Waals surface area contributed by atoms with Crippen LogP contribution in [0.2, 0.25) is 0 Å². The maximum absolute atomic E-state index is 11.9. The fraction of sp³-hybridized carbons (Fsp3) is 0.100. The first kappa shape index (κ1) is 16.5. The number of aryl methyl sites for hydroxylation is 1. The van der Waals surface area contributed by atoms with Gasteiger partial charge in [-0.05, 0) is 42.3 Å². The van der Waals surface area contributed by atoms with Crippen molar-refractivity contribution in [3.8, 4) is 0 Å². The molecule has 25 heavy (non-hydrogen) atoms. The molecule has 0 aliphatic rings. The van der Waals surface area contributed by atoms with Gasteiger partial charge in [0.25, 0.3) is 0 Å². The molecule has 0 spiro atoms. The van der Waals surface area contributed by atoms with Crippen molar-refractivity contribution in [3.05, 3.63) is 84.1 Å². The minimum absolute atomic E-state index is 0.320. The average molecular weight is 332 g/mol. The Hall–Kier alpha value is -3.34. The molecule has 0 saturated heterocycles. The van der Waals surface area contributed by atoms with Gasteiger partial charge >= 0.3 is 6.03 Å². The van der Waals surface area contributed by atoms with Crippen molar-refractivity contribution in [2.24, 2.45) is 0 Å². The van der Waals surface area contributed by atoms with Crippen LogP contribution in [0, 0.1) is 6.92 Å². The number of rotatable bonds is 5. The second-order valence-corrected chi connectivity index (χ2v) is 5.66. The van der Waals surface area contributed by atoms with E-state index in [0.717, 1.165) is 17.9 Å². The summed E-state index contributed by atoms with van der Waals surface area (Å²) in [5, 5.41) is 8.80. The zero-order valence-corrected chi connectivity index (χ0v) is 14.0. The molecular weight excluding hydrogens is 312 g/mol. The number of para-hydroxylation sites is 1. The number of hydrogen-bond donors (Lipinski definition) is 3. The van der Waals surface area contributed by atoms with E-state index in [9.17, 15) is 4.79 Å². The van der Waals surface area contributed by atoms with E-state index < -0.39 is 0 Å². The van der Waals surface area contributed by atoms with E-state index in [-0.39, 0.29) is 6.03 Å². The highest BCUT2D eigenvalue weighted by atomic mass is 16.2. The van der Waals surface area contributed by atoms with Crippen LogP contribution < -0.4 is 16.0 Å². The Morgan fingerprint density at radius 2 is 1.64 bits per heavy atom. The van der Waals surface area contributed by atoms with Gasteiger partial charge in [-0.25, -0.2) is 9.78 Å². The highest BCUT2D eigenvalue weighted by Gasteiger charge is 2.04. The smallest absolute Gasteiger partial charge is 0.324 e. The monoisotopic (exact) mass is 332 g/mol. The molecule has 0 bridgehead atoms. The number of benzene rings is 2. The molecule has 0 fully saturated rings. The molecule has 3 rings (SSSR count). The largest absolute Gasteiger partial charge is 0.380 e. The molecule has 2 amide bonds. The first-order valence-electron chi connectivity index (χ1n) is 8.08. The molecule has 2 aromatic carbocycles. The van der Waals surface area contributed by atoms with Gasteiger partial charge in [0.05, 0.1) is 11.9 Å². The average Bonchev–Trinajstić information content (AvgIpc) is 2.63. The second kappa shape index (κ2) is 7.97. The number of hydrogen-bond acceptors (Lipinski definition) is 3.